The predicted octanol–water partition coefficient (Wildman–Crippen LogP) is 2.07. The Morgan fingerprint density at radius 3 is 2.97 bits per heavy atom. The second kappa shape index (κ2) is 8.87. The number of nitrogens with one attached hydrogen (secondary N) is 3. The normalized spacial score (nSPS) is 18.4. The van der Waals surface area contributed by atoms with Crippen LogP contribution in [0.2, 0.25) is 0 Å². The van der Waals surface area contributed by atoms with Gasteiger partial charge in [-0.3, -0.25) is 18.6 Å². The smallest absolute Gasteiger partial charge is 0.263 e. The van der Waals surface area contributed by atoms with E-state index in [0.717, 1.165) is 6.42 Å². The largest absolute Gasteiger partial charge is 0.339 e. The van der Waals surface area contributed by atoms with Crippen LogP contribution < -0.4 is 21.7 Å². The minimum Gasteiger partial charge on any atom is -0.339 e. The Hall–Kier alpha value is -2.99. The third-order valence-electron chi connectivity index (χ3n) is 5.25. The van der Waals surface area contributed by atoms with Crippen molar-refractivity contribution in [3.8, 4) is 0 Å². The molecule has 5 rings (SSSR count). The average Bonchev–Trinajstić information content (AvgIpc) is 3.56. The van der Waals surface area contributed by atoms with Gasteiger partial charge in [0.2, 0.25) is 11.7 Å². The molecule has 164 valence electrons. The van der Waals surface area contributed by atoms with Crippen LogP contribution in [0.5, 0.6) is 0 Å². The molecule has 1 aliphatic heterocycles. The third kappa shape index (κ3) is 3.84. The standard InChI is InChI=1S/C21H21N7O2S2/c1-2-9-27-19(30)13-6-3-4-7-15(13)28-20(27)25-26-21(28)32-12-18(29)22-17-11-14(23-24-17)16-8-5-10-31-16/h2-8,10,14,17,23-24H,1,9,11-12H2,(H,22,29). The zero-order valence-corrected chi connectivity index (χ0v) is 18.7. The molecule has 0 aliphatic carbocycles. The summed E-state index contributed by atoms with van der Waals surface area (Å²) in [6, 6.07) is 11.6. The van der Waals surface area contributed by atoms with Crippen molar-refractivity contribution < 1.29 is 4.79 Å². The van der Waals surface area contributed by atoms with Gasteiger partial charge < -0.3 is 5.32 Å². The first kappa shape index (κ1) is 20.9. The summed E-state index contributed by atoms with van der Waals surface area (Å²) in [6.45, 7) is 4.06. The molecule has 0 spiro atoms. The number of hydrogen-bond donors (Lipinski definition) is 3. The summed E-state index contributed by atoms with van der Waals surface area (Å²) < 4.78 is 3.35. The summed E-state index contributed by atoms with van der Waals surface area (Å²) in [5.41, 5.74) is 6.93. The number of thioether (sulfide) groups is 1. The molecule has 0 bridgehead atoms. The van der Waals surface area contributed by atoms with E-state index >= 15 is 0 Å². The van der Waals surface area contributed by atoms with Crippen LogP contribution >= 0.6 is 23.1 Å². The minimum atomic E-state index is -0.149. The number of aromatic nitrogens is 4. The van der Waals surface area contributed by atoms with Crippen LogP contribution in [0.15, 0.2) is 64.4 Å². The van der Waals surface area contributed by atoms with Gasteiger partial charge >= 0.3 is 0 Å². The lowest BCUT2D eigenvalue weighted by molar-refractivity contribution is -0.119. The summed E-state index contributed by atoms with van der Waals surface area (Å²) in [5, 5.41) is 14.6. The van der Waals surface area contributed by atoms with Gasteiger partial charge in [-0.2, -0.15) is 0 Å². The van der Waals surface area contributed by atoms with Gasteiger partial charge in [0.1, 0.15) is 0 Å². The number of para-hydroxylation sites is 1. The first-order valence-corrected chi connectivity index (χ1v) is 12.0. The highest BCUT2D eigenvalue weighted by molar-refractivity contribution is 7.99. The lowest BCUT2D eigenvalue weighted by atomic mass is 10.2. The summed E-state index contributed by atoms with van der Waals surface area (Å²) >= 11 is 2.97. The maximum absolute atomic E-state index is 12.9. The SMILES string of the molecule is C=CCn1c(=O)c2ccccc2n2c(SCC(=O)NC3CC(c4cccs4)NN3)nnc12. The first-order valence-electron chi connectivity index (χ1n) is 10.1. The number of benzene rings is 1. The summed E-state index contributed by atoms with van der Waals surface area (Å²) in [5.74, 6) is 0.496. The Morgan fingerprint density at radius 2 is 2.16 bits per heavy atom. The predicted molar refractivity (Wildman–Crippen MR) is 126 cm³/mol. The molecule has 1 amide bonds. The Bertz CT molecular complexity index is 1350. The van der Waals surface area contributed by atoms with Crippen LogP contribution in [0.1, 0.15) is 17.3 Å². The molecule has 2 unspecified atom stereocenters. The van der Waals surface area contributed by atoms with Crippen molar-refractivity contribution >= 4 is 45.7 Å². The highest BCUT2D eigenvalue weighted by Gasteiger charge is 2.27. The third-order valence-corrected chi connectivity index (χ3v) is 7.16. The number of nitrogens with zero attached hydrogens (tertiary/aromatic N) is 4. The van der Waals surface area contributed by atoms with Crippen molar-refractivity contribution in [3.05, 3.63) is 69.7 Å². The van der Waals surface area contributed by atoms with E-state index in [1.165, 1.54) is 21.2 Å². The van der Waals surface area contributed by atoms with Crippen LogP contribution in [0.25, 0.3) is 16.7 Å². The van der Waals surface area contributed by atoms with E-state index in [2.05, 4.69) is 39.0 Å². The Balaban J connectivity index is 1.33. The van der Waals surface area contributed by atoms with Gasteiger partial charge in [0.15, 0.2) is 5.16 Å². The Morgan fingerprint density at radius 1 is 1.28 bits per heavy atom. The van der Waals surface area contributed by atoms with Gasteiger partial charge in [-0.15, -0.1) is 28.1 Å². The van der Waals surface area contributed by atoms with Crippen molar-refractivity contribution in [1.82, 2.24) is 35.3 Å². The van der Waals surface area contributed by atoms with Crippen LogP contribution in [0, 0.1) is 0 Å². The average molecular weight is 468 g/mol. The summed E-state index contributed by atoms with van der Waals surface area (Å²) in [4.78, 5) is 26.7. The molecule has 1 fully saturated rings. The van der Waals surface area contributed by atoms with Crippen molar-refractivity contribution in [3.63, 3.8) is 0 Å². The number of amides is 1. The van der Waals surface area contributed by atoms with Gasteiger partial charge in [0, 0.05) is 17.8 Å². The Labute approximate surface area is 191 Å². The number of fused-ring (bicyclic) bond motifs is 3. The molecule has 11 heteroatoms. The number of hydrazine groups is 1. The molecule has 1 aliphatic rings. The molecule has 1 saturated heterocycles. The number of thiophene rings is 1. The van der Waals surface area contributed by atoms with Gasteiger partial charge in [0.05, 0.1) is 28.9 Å². The van der Waals surface area contributed by atoms with Crippen molar-refractivity contribution in [2.45, 2.75) is 30.3 Å². The molecule has 3 N–H and O–H groups in total. The fourth-order valence-corrected chi connectivity index (χ4v) is 5.36. The number of rotatable bonds is 7. The van der Waals surface area contributed by atoms with Crippen molar-refractivity contribution in [1.29, 1.82) is 0 Å². The van der Waals surface area contributed by atoms with E-state index in [1.807, 2.05) is 34.0 Å². The fraction of sp³-hybridized carbons (Fsp3) is 0.238. The van der Waals surface area contributed by atoms with Gasteiger partial charge in [0.25, 0.3) is 5.56 Å². The molecule has 0 saturated carbocycles. The zero-order chi connectivity index (χ0) is 22.1. The van der Waals surface area contributed by atoms with Gasteiger partial charge in [-0.05, 0) is 23.6 Å². The number of hydrogen-bond acceptors (Lipinski definition) is 8. The lowest BCUT2D eigenvalue weighted by Crippen LogP contribution is -2.44. The van der Waals surface area contributed by atoms with E-state index in [9.17, 15) is 9.59 Å². The fourth-order valence-electron chi connectivity index (χ4n) is 3.81. The molecule has 9 nitrogen and oxygen atoms in total. The summed E-state index contributed by atoms with van der Waals surface area (Å²) in [6.07, 6.45) is 2.27. The van der Waals surface area contributed by atoms with Gasteiger partial charge in [-0.1, -0.05) is 36.0 Å². The van der Waals surface area contributed by atoms with E-state index in [1.54, 1.807) is 23.5 Å². The van der Waals surface area contributed by atoms with Crippen LogP contribution in [0.4, 0.5) is 0 Å². The molecule has 1 aromatic carbocycles. The highest BCUT2D eigenvalue weighted by atomic mass is 32.2. The maximum atomic E-state index is 12.9. The minimum absolute atomic E-state index is 0.110. The van der Waals surface area contributed by atoms with E-state index in [0.29, 0.717) is 28.4 Å². The first-order chi connectivity index (χ1) is 15.7. The molecular formula is C21H21N7O2S2. The Kier molecular flexibility index (Phi) is 5.79. The molecular weight excluding hydrogens is 446 g/mol. The van der Waals surface area contributed by atoms with E-state index < -0.39 is 0 Å². The zero-order valence-electron chi connectivity index (χ0n) is 17.0. The molecule has 3 aromatic heterocycles. The highest BCUT2D eigenvalue weighted by Crippen LogP contribution is 2.25. The van der Waals surface area contributed by atoms with Crippen LogP contribution in [-0.4, -0.2) is 37.0 Å². The maximum Gasteiger partial charge on any atom is 0.263 e. The van der Waals surface area contributed by atoms with Crippen molar-refractivity contribution in [2.24, 2.45) is 0 Å². The monoisotopic (exact) mass is 467 g/mol. The van der Waals surface area contributed by atoms with Crippen LogP contribution in [-0.2, 0) is 11.3 Å². The second-order valence-corrected chi connectivity index (χ2v) is 9.26. The van der Waals surface area contributed by atoms with E-state index in [4.69, 9.17) is 0 Å². The second-order valence-electron chi connectivity index (χ2n) is 7.34. The number of carbonyl (C=O) groups excluding carboxylic acids is 1. The summed E-state index contributed by atoms with van der Waals surface area (Å²) in [7, 11) is 0. The molecule has 32 heavy (non-hydrogen) atoms. The molecule has 0 radical (unpaired) electrons. The number of allylic oxidation sites excluding steroid dienone is 1. The quantitative estimate of drug-likeness (QED) is 0.282. The molecule has 4 heterocycles. The van der Waals surface area contributed by atoms with Crippen LogP contribution in [0.3, 0.4) is 0 Å². The topological polar surface area (TPSA) is 105 Å². The molecule has 2 atom stereocenters. The number of carbonyl (C=O) groups is 1. The molecule has 4 aromatic rings. The lowest BCUT2D eigenvalue weighted by Gasteiger charge is -2.12. The van der Waals surface area contributed by atoms with Crippen molar-refractivity contribution in [2.75, 3.05) is 5.75 Å². The van der Waals surface area contributed by atoms with Gasteiger partial charge in [-0.25, -0.2) is 10.9 Å². The van der Waals surface area contributed by atoms with E-state index in [-0.39, 0.29) is 29.4 Å².